The maximum absolute atomic E-state index is 12.7. The van der Waals surface area contributed by atoms with E-state index in [2.05, 4.69) is 21.2 Å². The summed E-state index contributed by atoms with van der Waals surface area (Å²) in [5, 5.41) is 13.0. The molecule has 130 valence electrons. The molecule has 1 fully saturated rings. The predicted octanol–water partition coefficient (Wildman–Crippen LogP) is 1.97. The lowest BCUT2D eigenvalue weighted by Crippen LogP contribution is -2.45. The number of amides is 2. The summed E-state index contributed by atoms with van der Waals surface area (Å²) in [5.41, 5.74) is 8.60. The molecule has 24 heavy (non-hydrogen) atoms. The summed E-state index contributed by atoms with van der Waals surface area (Å²) >= 11 is 3.46. The van der Waals surface area contributed by atoms with Gasteiger partial charge in [0.2, 0.25) is 5.91 Å². The monoisotopic (exact) mass is 395 g/mol. The number of nitrogens with zero attached hydrogens (tertiary/aromatic N) is 1. The van der Waals surface area contributed by atoms with Gasteiger partial charge in [0.1, 0.15) is 0 Å². The van der Waals surface area contributed by atoms with Gasteiger partial charge in [0, 0.05) is 29.2 Å². The van der Waals surface area contributed by atoms with Crippen LogP contribution in [0.3, 0.4) is 0 Å². The molecule has 0 saturated heterocycles. The van der Waals surface area contributed by atoms with Gasteiger partial charge in [-0.3, -0.25) is 9.59 Å². The van der Waals surface area contributed by atoms with Gasteiger partial charge in [-0.2, -0.15) is 0 Å². The standard InChI is InChI=1S/C17H22BrN3O3/c1-21-14(23)7-6-9-15(19)10(8-11(18)16(9)21)17(24)20-12-4-2-3-5-13(12)22/h8,12-13,22H,2-7,19H2,1H3,(H,20,24)/t12-,13-/m0/s1. The summed E-state index contributed by atoms with van der Waals surface area (Å²) in [6, 6.07) is 1.43. The van der Waals surface area contributed by atoms with Crippen LogP contribution < -0.4 is 16.0 Å². The maximum atomic E-state index is 12.7. The number of rotatable bonds is 2. The van der Waals surface area contributed by atoms with Crippen LogP contribution in [0.4, 0.5) is 11.4 Å². The lowest BCUT2D eigenvalue weighted by Gasteiger charge is -2.30. The molecular weight excluding hydrogens is 374 g/mol. The Morgan fingerprint density at radius 3 is 2.79 bits per heavy atom. The molecule has 1 heterocycles. The average Bonchev–Trinajstić information content (AvgIpc) is 2.55. The molecule has 4 N–H and O–H groups in total. The van der Waals surface area contributed by atoms with Gasteiger partial charge in [-0.25, -0.2) is 0 Å². The van der Waals surface area contributed by atoms with E-state index in [1.165, 1.54) is 0 Å². The van der Waals surface area contributed by atoms with E-state index in [4.69, 9.17) is 5.73 Å². The second-order valence-corrected chi connectivity index (χ2v) is 7.39. The first-order chi connectivity index (χ1) is 11.4. The summed E-state index contributed by atoms with van der Waals surface area (Å²) in [6.07, 6.45) is 3.87. The Bertz CT molecular complexity index is 692. The Labute approximate surface area is 149 Å². The van der Waals surface area contributed by atoms with Crippen molar-refractivity contribution < 1.29 is 14.7 Å². The van der Waals surface area contributed by atoms with Crippen LogP contribution in [0.2, 0.25) is 0 Å². The molecule has 0 bridgehead atoms. The quantitative estimate of drug-likeness (QED) is 0.667. The second kappa shape index (κ2) is 6.72. The van der Waals surface area contributed by atoms with Crippen LogP contribution in [0.15, 0.2) is 10.5 Å². The zero-order valence-electron chi connectivity index (χ0n) is 13.6. The topological polar surface area (TPSA) is 95.7 Å². The molecule has 0 radical (unpaired) electrons. The molecule has 2 amide bonds. The molecule has 1 saturated carbocycles. The first-order valence-electron chi connectivity index (χ1n) is 8.26. The SMILES string of the molecule is CN1C(=O)CCc2c(N)c(C(=O)N[C@H]3CCCC[C@@H]3O)cc(Br)c21. The van der Waals surface area contributed by atoms with Gasteiger partial charge in [-0.05, 0) is 41.3 Å². The molecule has 2 atom stereocenters. The highest BCUT2D eigenvalue weighted by Gasteiger charge is 2.30. The van der Waals surface area contributed by atoms with Crippen LogP contribution in [0.5, 0.6) is 0 Å². The fourth-order valence-corrected chi connectivity index (χ4v) is 4.30. The van der Waals surface area contributed by atoms with Crippen LogP contribution in [0.1, 0.15) is 48.0 Å². The van der Waals surface area contributed by atoms with Crippen molar-refractivity contribution in [2.24, 2.45) is 0 Å². The molecule has 1 aliphatic carbocycles. The third kappa shape index (κ3) is 3.02. The zero-order chi connectivity index (χ0) is 17.4. The summed E-state index contributed by atoms with van der Waals surface area (Å²) in [5.74, 6) is -0.244. The Kier molecular flexibility index (Phi) is 4.83. The number of nitrogens with two attached hydrogens (primary N) is 1. The van der Waals surface area contributed by atoms with Gasteiger partial charge < -0.3 is 21.1 Å². The van der Waals surface area contributed by atoms with Crippen molar-refractivity contribution in [2.75, 3.05) is 17.7 Å². The minimum atomic E-state index is -0.506. The number of carbonyl (C=O) groups excluding carboxylic acids is 2. The van der Waals surface area contributed by atoms with Gasteiger partial charge in [-0.1, -0.05) is 12.8 Å². The van der Waals surface area contributed by atoms with E-state index in [9.17, 15) is 14.7 Å². The van der Waals surface area contributed by atoms with E-state index in [1.807, 2.05) is 0 Å². The first kappa shape index (κ1) is 17.2. The van der Waals surface area contributed by atoms with E-state index in [0.717, 1.165) is 30.5 Å². The first-order valence-corrected chi connectivity index (χ1v) is 9.05. The normalized spacial score (nSPS) is 23.8. The van der Waals surface area contributed by atoms with Gasteiger partial charge >= 0.3 is 0 Å². The van der Waals surface area contributed by atoms with Gasteiger partial charge in [-0.15, -0.1) is 0 Å². The number of aliphatic hydroxyl groups excluding tert-OH is 1. The molecule has 0 spiro atoms. The Hall–Kier alpha value is -1.60. The van der Waals surface area contributed by atoms with Crippen LogP contribution in [-0.4, -0.2) is 36.1 Å². The highest BCUT2D eigenvalue weighted by Crippen LogP contribution is 2.39. The Morgan fingerprint density at radius 2 is 2.08 bits per heavy atom. The number of nitrogens with one attached hydrogen (secondary N) is 1. The van der Waals surface area contributed by atoms with Crippen molar-refractivity contribution in [3.8, 4) is 0 Å². The maximum Gasteiger partial charge on any atom is 0.253 e. The number of aliphatic hydroxyl groups is 1. The van der Waals surface area contributed by atoms with Crippen LogP contribution in [0, 0.1) is 0 Å². The van der Waals surface area contributed by atoms with Crippen LogP contribution >= 0.6 is 15.9 Å². The molecule has 6 nitrogen and oxygen atoms in total. The summed E-state index contributed by atoms with van der Waals surface area (Å²) < 4.78 is 0.677. The third-order valence-electron chi connectivity index (χ3n) is 4.99. The van der Waals surface area contributed by atoms with Crippen molar-refractivity contribution in [3.63, 3.8) is 0 Å². The molecule has 0 unspecified atom stereocenters. The second-order valence-electron chi connectivity index (χ2n) is 6.53. The Balaban J connectivity index is 1.90. The minimum absolute atomic E-state index is 0.0325. The molecule has 1 aromatic rings. The zero-order valence-corrected chi connectivity index (χ0v) is 15.2. The average molecular weight is 396 g/mol. The van der Waals surface area contributed by atoms with E-state index in [-0.39, 0.29) is 17.9 Å². The van der Waals surface area contributed by atoms with E-state index in [0.29, 0.717) is 35.0 Å². The minimum Gasteiger partial charge on any atom is -0.398 e. The number of anilines is 2. The molecule has 1 aliphatic heterocycles. The largest absolute Gasteiger partial charge is 0.398 e. The highest BCUT2D eigenvalue weighted by molar-refractivity contribution is 9.10. The third-order valence-corrected chi connectivity index (χ3v) is 5.59. The lowest BCUT2D eigenvalue weighted by molar-refractivity contribution is -0.118. The van der Waals surface area contributed by atoms with Gasteiger partial charge in [0.25, 0.3) is 5.91 Å². The van der Waals surface area contributed by atoms with Gasteiger partial charge in [0.05, 0.1) is 23.4 Å². The van der Waals surface area contributed by atoms with Crippen molar-refractivity contribution in [2.45, 2.75) is 50.7 Å². The number of carbonyl (C=O) groups is 2. The van der Waals surface area contributed by atoms with Crippen molar-refractivity contribution >= 4 is 39.1 Å². The molecule has 1 aromatic carbocycles. The fraction of sp³-hybridized carbons (Fsp3) is 0.529. The highest BCUT2D eigenvalue weighted by atomic mass is 79.9. The number of nitrogen functional groups attached to an aromatic ring is 1. The number of fused-ring (bicyclic) bond motifs is 1. The summed E-state index contributed by atoms with van der Waals surface area (Å²) in [4.78, 5) is 26.1. The molecule has 3 rings (SSSR count). The number of benzene rings is 1. The van der Waals surface area contributed by atoms with Gasteiger partial charge in [0.15, 0.2) is 0 Å². The molecule has 7 heteroatoms. The van der Waals surface area contributed by atoms with E-state index in [1.54, 1.807) is 18.0 Å². The predicted molar refractivity (Wildman–Crippen MR) is 96.0 cm³/mol. The molecular formula is C17H22BrN3O3. The Morgan fingerprint density at radius 1 is 1.38 bits per heavy atom. The molecule has 0 aromatic heterocycles. The fourth-order valence-electron chi connectivity index (χ4n) is 3.56. The van der Waals surface area contributed by atoms with Crippen molar-refractivity contribution in [1.29, 1.82) is 0 Å². The van der Waals surface area contributed by atoms with Crippen molar-refractivity contribution in [1.82, 2.24) is 5.32 Å². The van der Waals surface area contributed by atoms with Crippen molar-refractivity contribution in [3.05, 3.63) is 21.7 Å². The number of hydrogen-bond acceptors (Lipinski definition) is 4. The lowest BCUT2D eigenvalue weighted by atomic mass is 9.92. The van der Waals surface area contributed by atoms with E-state index >= 15 is 0 Å². The van der Waals surface area contributed by atoms with Crippen LogP contribution in [-0.2, 0) is 11.2 Å². The number of halogens is 1. The smallest absolute Gasteiger partial charge is 0.253 e. The van der Waals surface area contributed by atoms with Crippen LogP contribution in [0.25, 0.3) is 0 Å². The van der Waals surface area contributed by atoms with E-state index < -0.39 is 6.10 Å². The number of hydrogen-bond donors (Lipinski definition) is 3. The molecule has 2 aliphatic rings. The summed E-state index contributed by atoms with van der Waals surface area (Å²) in [6.45, 7) is 0. The summed E-state index contributed by atoms with van der Waals surface area (Å²) in [7, 11) is 1.71.